The standard InChI is InChI=1S/C15H18OS/c1-3-6-15(17-2)13-9-4-8-12-11(13)7-5-10-14(12)16/h4-5,7-10,15-16H,3,6H2,1-2H3. The van der Waals surface area contributed by atoms with Crippen LogP contribution in [-0.4, -0.2) is 11.4 Å². The minimum Gasteiger partial charge on any atom is -0.507 e. The number of benzene rings is 2. The van der Waals surface area contributed by atoms with Crippen molar-refractivity contribution in [2.75, 3.05) is 6.26 Å². The molecular weight excluding hydrogens is 228 g/mol. The molecule has 0 aliphatic rings. The molecule has 0 aliphatic heterocycles. The first-order valence-electron chi connectivity index (χ1n) is 6.01. The molecule has 17 heavy (non-hydrogen) atoms. The van der Waals surface area contributed by atoms with Crippen LogP contribution < -0.4 is 0 Å². The number of rotatable bonds is 4. The van der Waals surface area contributed by atoms with Crippen molar-refractivity contribution in [2.24, 2.45) is 0 Å². The number of phenolic OH excluding ortho intramolecular Hbond substituents is 1. The summed E-state index contributed by atoms with van der Waals surface area (Å²) in [6, 6.07) is 12.0. The molecule has 1 N–H and O–H groups in total. The third kappa shape index (κ3) is 2.42. The van der Waals surface area contributed by atoms with Gasteiger partial charge in [-0.15, -0.1) is 0 Å². The summed E-state index contributed by atoms with van der Waals surface area (Å²) in [6.45, 7) is 2.21. The smallest absolute Gasteiger partial charge is 0.123 e. The van der Waals surface area contributed by atoms with Gasteiger partial charge in [-0.05, 0) is 29.7 Å². The molecule has 1 nitrogen and oxygen atoms in total. The lowest BCUT2D eigenvalue weighted by atomic mass is 9.99. The molecular formula is C15H18OS. The summed E-state index contributed by atoms with van der Waals surface area (Å²) in [5.74, 6) is 0.376. The van der Waals surface area contributed by atoms with Crippen LogP contribution in [0.1, 0.15) is 30.6 Å². The van der Waals surface area contributed by atoms with Gasteiger partial charge in [-0.3, -0.25) is 0 Å². The normalized spacial score (nSPS) is 12.8. The molecule has 0 bridgehead atoms. The number of phenols is 1. The van der Waals surface area contributed by atoms with Crippen LogP contribution in [0.3, 0.4) is 0 Å². The minimum absolute atomic E-state index is 0.376. The van der Waals surface area contributed by atoms with Gasteiger partial charge in [0.2, 0.25) is 0 Å². The second-order valence-corrected chi connectivity index (χ2v) is 5.27. The average Bonchev–Trinajstić information content (AvgIpc) is 2.36. The Labute approximate surface area is 107 Å². The van der Waals surface area contributed by atoms with E-state index in [0.717, 1.165) is 5.39 Å². The summed E-state index contributed by atoms with van der Waals surface area (Å²) in [5.41, 5.74) is 1.34. The molecule has 90 valence electrons. The van der Waals surface area contributed by atoms with Crippen LogP contribution in [0.25, 0.3) is 10.8 Å². The van der Waals surface area contributed by atoms with Gasteiger partial charge >= 0.3 is 0 Å². The molecule has 0 aromatic heterocycles. The van der Waals surface area contributed by atoms with Crippen molar-refractivity contribution in [3.8, 4) is 5.75 Å². The van der Waals surface area contributed by atoms with E-state index in [1.807, 2.05) is 30.0 Å². The van der Waals surface area contributed by atoms with Crippen molar-refractivity contribution in [2.45, 2.75) is 25.0 Å². The van der Waals surface area contributed by atoms with Crippen LogP contribution >= 0.6 is 11.8 Å². The van der Waals surface area contributed by atoms with Crippen LogP contribution in [-0.2, 0) is 0 Å². The van der Waals surface area contributed by atoms with Gasteiger partial charge in [0.05, 0.1) is 0 Å². The van der Waals surface area contributed by atoms with Crippen molar-refractivity contribution < 1.29 is 5.11 Å². The molecule has 1 unspecified atom stereocenters. The van der Waals surface area contributed by atoms with E-state index in [2.05, 4.69) is 25.3 Å². The predicted molar refractivity (Wildman–Crippen MR) is 76.8 cm³/mol. The molecule has 0 aliphatic carbocycles. The van der Waals surface area contributed by atoms with E-state index < -0.39 is 0 Å². The van der Waals surface area contributed by atoms with Gasteiger partial charge < -0.3 is 5.11 Å². The Balaban J connectivity index is 2.57. The zero-order chi connectivity index (χ0) is 12.3. The topological polar surface area (TPSA) is 20.2 Å². The van der Waals surface area contributed by atoms with Crippen LogP contribution in [0.5, 0.6) is 5.75 Å². The van der Waals surface area contributed by atoms with E-state index >= 15 is 0 Å². The summed E-state index contributed by atoms with van der Waals surface area (Å²) < 4.78 is 0. The van der Waals surface area contributed by atoms with E-state index in [9.17, 15) is 5.11 Å². The molecule has 2 heteroatoms. The number of thioether (sulfide) groups is 1. The molecule has 0 spiro atoms. The lowest BCUT2D eigenvalue weighted by Gasteiger charge is -2.16. The second kappa shape index (κ2) is 5.46. The largest absolute Gasteiger partial charge is 0.507 e. The number of fused-ring (bicyclic) bond motifs is 1. The molecule has 2 aromatic rings. The Morgan fingerprint density at radius 3 is 2.53 bits per heavy atom. The van der Waals surface area contributed by atoms with Gasteiger partial charge in [0.15, 0.2) is 0 Å². The minimum atomic E-state index is 0.376. The van der Waals surface area contributed by atoms with Gasteiger partial charge in [0, 0.05) is 10.6 Å². The maximum Gasteiger partial charge on any atom is 0.123 e. The quantitative estimate of drug-likeness (QED) is 0.840. The monoisotopic (exact) mass is 246 g/mol. The molecule has 2 rings (SSSR count). The molecule has 0 radical (unpaired) electrons. The highest BCUT2D eigenvalue weighted by Crippen LogP contribution is 2.37. The Morgan fingerprint density at radius 2 is 1.82 bits per heavy atom. The summed E-state index contributed by atoms with van der Waals surface area (Å²) in [7, 11) is 0. The zero-order valence-electron chi connectivity index (χ0n) is 10.3. The van der Waals surface area contributed by atoms with E-state index in [1.54, 1.807) is 6.07 Å². The van der Waals surface area contributed by atoms with Crippen molar-refractivity contribution in [3.63, 3.8) is 0 Å². The highest BCUT2D eigenvalue weighted by atomic mass is 32.2. The summed E-state index contributed by atoms with van der Waals surface area (Å²) in [6.07, 6.45) is 4.51. The van der Waals surface area contributed by atoms with Crippen LogP contribution in [0.2, 0.25) is 0 Å². The Kier molecular flexibility index (Phi) is 3.95. The third-order valence-corrected chi connectivity index (χ3v) is 4.17. The Bertz CT molecular complexity index is 507. The average molecular weight is 246 g/mol. The van der Waals surface area contributed by atoms with Crippen LogP contribution in [0.4, 0.5) is 0 Å². The second-order valence-electron chi connectivity index (χ2n) is 4.23. The number of hydrogen-bond donors (Lipinski definition) is 1. The number of aromatic hydroxyl groups is 1. The Hall–Kier alpha value is -1.15. The SMILES string of the molecule is CCCC(SC)c1cccc2c(O)cccc12. The maximum atomic E-state index is 9.87. The Morgan fingerprint density at radius 1 is 1.12 bits per heavy atom. The van der Waals surface area contributed by atoms with Crippen LogP contribution in [0, 0.1) is 0 Å². The van der Waals surface area contributed by atoms with Gasteiger partial charge in [-0.1, -0.05) is 43.7 Å². The molecule has 0 saturated heterocycles. The lowest BCUT2D eigenvalue weighted by molar-refractivity contribution is 0.481. The van der Waals surface area contributed by atoms with E-state index in [0.29, 0.717) is 11.0 Å². The maximum absolute atomic E-state index is 9.87. The summed E-state index contributed by atoms with van der Waals surface area (Å²) >= 11 is 1.89. The number of hydrogen-bond acceptors (Lipinski definition) is 2. The van der Waals surface area contributed by atoms with Crippen molar-refractivity contribution in [1.82, 2.24) is 0 Å². The first-order valence-corrected chi connectivity index (χ1v) is 7.30. The zero-order valence-corrected chi connectivity index (χ0v) is 11.1. The van der Waals surface area contributed by atoms with Crippen molar-refractivity contribution in [1.29, 1.82) is 0 Å². The predicted octanol–water partition coefficient (Wildman–Crippen LogP) is 4.75. The molecule has 1 atom stereocenters. The molecule has 0 amide bonds. The summed E-state index contributed by atoms with van der Waals surface area (Å²) in [4.78, 5) is 0. The lowest BCUT2D eigenvalue weighted by Crippen LogP contribution is -1.94. The van der Waals surface area contributed by atoms with E-state index in [4.69, 9.17) is 0 Å². The fourth-order valence-electron chi connectivity index (χ4n) is 2.26. The molecule has 2 aromatic carbocycles. The highest BCUT2D eigenvalue weighted by Gasteiger charge is 2.13. The third-order valence-electron chi connectivity index (χ3n) is 3.12. The first kappa shape index (κ1) is 12.3. The summed E-state index contributed by atoms with van der Waals surface area (Å²) in [5, 5.41) is 12.5. The van der Waals surface area contributed by atoms with Crippen molar-refractivity contribution in [3.05, 3.63) is 42.0 Å². The van der Waals surface area contributed by atoms with E-state index in [1.165, 1.54) is 23.8 Å². The van der Waals surface area contributed by atoms with E-state index in [-0.39, 0.29) is 0 Å². The molecule has 0 saturated carbocycles. The highest BCUT2D eigenvalue weighted by molar-refractivity contribution is 7.98. The molecule has 0 fully saturated rings. The fraction of sp³-hybridized carbons (Fsp3) is 0.333. The van der Waals surface area contributed by atoms with Crippen LogP contribution in [0.15, 0.2) is 36.4 Å². The molecule has 0 heterocycles. The first-order chi connectivity index (χ1) is 8.27. The van der Waals surface area contributed by atoms with Crippen molar-refractivity contribution >= 4 is 22.5 Å². The van der Waals surface area contributed by atoms with Gasteiger partial charge in [0.1, 0.15) is 5.75 Å². The van der Waals surface area contributed by atoms with Gasteiger partial charge in [-0.2, -0.15) is 11.8 Å². The fourth-order valence-corrected chi connectivity index (χ4v) is 3.19. The van der Waals surface area contributed by atoms with Gasteiger partial charge in [-0.25, -0.2) is 0 Å². The van der Waals surface area contributed by atoms with Gasteiger partial charge in [0.25, 0.3) is 0 Å².